The summed E-state index contributed by atoms with van der Waals surface area (Å²) in [6.45, 7) is 5.44. The van der Waals surface area contributed by atoms with Gasteiger partial charge >= 0.3 is 0 Å². The highest BCUT2D eigenvalue weighted by molar-refractivity contribution is 7.09. The third-order valence-corrected chi connectivity index (χ3v) is 4.71. The number of nitrogens with two attached hydrogens (primary N) is 1. The fourth-order valence-electron chi connectivity index (χ4n) is 2.50. The second kappa shape index (κ2) is 9.00. The maximum atomic E-state index is 9.30. The highest BCUT2D eigenvalue weighted by atomic mass is 32.1. The Labute approximate surface area is 136 Å². The third-order valence-electron chi connectivity index (χ3n) is 3.59. The number of benzene rings is 1. The minimum atomic E-state index is 0.176. The van der Waals surface area contributed by atoms with Crippen molar-refractivity contribution in [2.75, 3.05) is 26.2 Å². The zero-order chi connectivity index (χ0) is 15.8. The molecule has 4 nitrogen and oxygen atoms in total. The van der Waals surface area contributed by atoms with Crippen molar-refractivity contribution in [3.05, 3.63) is 52.0 Å². The number of aliphatic hydroxyl groups excluding tert-OH is 1. The number of hydrogen-bond acceptors (Lipinski definition) is 5. The maximum Gasteiger partial charge on any atom is 0.0969 e. The van der Waals surface area contributed by atoms with E-state index in [0.29, 0.717) is 19.0 Å². The Morgan fingerprint density at radius 2 is 2.09 bits per heavy atom. The van der Waals surface area contributed by atoms with Gasteiger partial charge in [0, 0.05) is 37.4 Å². The molecule has 1 heterocycles. The van der Waals surface area contributed by atoms with Crippen molar-refractivity contribution in [3.8, 4) is 0 Å². The van der Waals surface area contributed by atoms with Gasteiger partial charge in [-0.15, -0.1) is 11.3 Å². The Morgan fingerprint density at radius 3 is 2.77 bits per heavy atom. The van der Waals surface area contributed by atoms with Crippen LogP contribution in [0.25, 0.3) is 0 Å². The molecule has 0 saturated carbocycles. The van der Waals surface area contributed by atoms with Gasteiger partial charge in [-0.25, -0.2) is 4.98 Å². The number of thiazole rings is 1. The highest BCUT2D eigenvalue weighted by Gasteiger charge is 2.15. The summed E-state index contributed by atoms with van der Waals surface area (Å²) in [7, 11) is 0. The monoisotopic (exact) mass is 319 g/mol. The van der Waals surface area contributed by atoms with E-state index in [0.717, 1.165) is 30.2 Å². The molecule has 3 N–H and O–H groups in total. The van der Waals surface area contributed by atoms with Crippen LogP contribution in [-0.2, 0) is 13.0 Å². The van der Waals surface area contributed by atoms with E-state index in [1.165, 1.54) is 5.56 Å². The first kappa shape index (κ1) is 17.1. The van der Waals surface area contributed by atoms with Crippen LogP contribution in [-0.4, -0.2) is 41.2 Å². The second-order valence-corrected chi connectivity index (χ2v) is 6.45. The summed E-state index contributed by atoms with van der Waals surface area (Å²) in [6, 6.07) is 10.4. The van der Waals surface area contributed by atoms with E-state index in [2.05, 4.69) is 46.5 Å². The lowest BCUT2D eigenvalue weighted by Crippen LogP contribution is -2.30. The van der Waals surface area contributed by atoms with Gasteiger partial charge in [0.2, 0.25) is 0 Å². The predicted molar refractivity (Wildman–Crippen MR) is 92.1 cm³/mol. The summed E-state index contributed by atoms with van der Waals surface area (Å²) in [5.74, 6) is 0.354. The van der Waals surface area contributed by atoms with Crippen molar-refractivity contribution in [1.29, 1.82) is 0 Å². The van der Waals surface area contributed by atoms with E-state index in [9.17, 15) is 5.11 Å². The standard InChI is InChI=1S/C17H25N3OS/c1-14(17-19-16(7-8-18)13-22-17)11-20(9-10-21)12-15-5-3-2-4-6-15/h2-6,13-14,21H,7-12,18H2,1H3. The fraction of sp³-hybridized carbons (Fsp3) is 0.471. The normalized spacial score (nSPS) is 12.7. The molecule has 0 aliphatic heterocycles. The molecule has 22 heavy (non-hydrogen) atoms. The Morgan fingerprint density at radius 1 is 1.32 bits per heavy atom. The molecular formula is C17H25N3OS. The molecular weight excluding hydrogens is 294 g/mol. The first-order valence-corrected chi connectivity index (χ1v) is 8.62. The predicted octanol–water partition coefficient (Wildman–Crippen LogP) is 2.24. The van der Waals surface area contributed by atoms with E-state index in [1.54, 1.807) is 11.3 Å². The summed E-state index contributed by atoms with van der Waals surface area (Å²) in [5.41, 5.74) is 7.94. The van der Waals surface area contributed by atoms with Gasteiger partial charge in [0.15, 0.2) is 0 Å². The van der Waals surface area contributed by atoms with Crippen LogP contribution in [0, 0.1) is 0 Å². The van der Waals surface area contributed by atoms with Crippen LogP contribution >= 0.6 is 11.3 Å². The Hall–Kier alpha value is -1.27. The molecule has 0 aliphatic carbocycles. The lowest BCUT2D eigenvalue weighted by molar-refractivity contribution is 0.184. The quantitative estimate of drug-likeness (QED) is 0.744. The Balaban J connectivity index is 1.96. The van der Waals surface area contributed by atoms with Crippen LogP contribution in [0.5, 0.6) is 0 Å². The van der Waals surface area contributed by atoms with Crippen molar-refractivity contribution < 1.29 is 5.11 Å². The van der Waals surface area contributed by atoms with Crippen LogP contribution in [0.4, 0.5) is 0 Å². The maximum absolute atomic E-state index is 9.30. The van der Waals surface area contributed by atoms with E-state index >= 15 is 0 Å². The second-order valence-electron chi connectivity index (χ2n) is 5.56. The van der Waals surface area contributed by atoms with Gasteiger partial charge in [-0.1, -0.05) is 37.3 Å². The smallest absolute Gasteiger partial charge is 0.0969 e. The molecule has 1 aromatic carbocycles. The van der Waals surface area contributed by atoms with Gasteiger partial charge in [0.1, 0.15) is 0 Å². The SMILES string of the molecule is CC(CN(CCO)Cc1ccccc1)c1nc(CCN)cs1. The highest BCUT2D eigenvalue weighted by Crippen LogP contribution is 2.22. The van der Waals surface area contributed by atoms with Crippen LogP contribution < -0.4 is 5.73 Å². The van der Waals surface area contributed by atoms with E-state index in [-0.39, 0.29) is 6.61 Å². The molecule has 0 saturated heterocycles. The summed E-state index contributed by atoms with van der Waals surface area (Å²) in [4.78, 5) is 6.95. The molecule has 0 bridgehead atoms. The number of aromatic nitrogens is 1. The average molecular weight is 319 g/mol. The van der Waals surface area contributed by atoms with E-state index in [4.69, 9.17) is 5.73 Å². The number of aliphatic hydroxyl groups is 1. The molecule has 0 spiro atoms. The first-order chi connectivity index (χ1) is 10.7. The van der Waals surface area contributed by atoms with Gasteiger partial charge in [0.05, 0.1) is 17.3 Å². The molecule has 1 aromatic heterocycles. The first-order valence-electron chi connectivity index (χ1n) is 7.74. The van der Waals surface area contributed by atoms with Crippen LogP contribution in [0.1, 0.15) is 29.1 Å². The molecule has 5 heteroatoms. The van der Waals surface area contributed by atoms with Crippen LogP contribution in [0.3, 0.4) is 0 Å². The molecule has 0 radical (unpaired) electrons. The van der Waals surface area contributed by atoms with Crippen LogP contribution in [0.15, 0.2) is 35.7 Å². The molecule has 120 valence electrons. The minimum absolute atomic E-state index is 0.176. The van der Waals surface area contributed by atoms with Crippen molar-refractivity contribution >= 4 is 11.3 Å². The van der Waals surface area contributed by atoms with E-state index < -0.39 is 0 Å². The van der Waals surface area contributed by atoms with Crippen molar-refractivity contribution in [2.45, 2.75) is 25.8 Å². The zero-order valence-corrected chi connectivity index (χ0v) is 13.9. The number of rotatable bonds is 9. The summed E-state index contributed by atoms with van der Waals surface area (Å²) >= 11 is 1.71. The number of nitrogens with zero attached hydrogens (tertiary/aromatic N) is 2. The van der Waals surface area contributed by atoms with Crippen molar-refractivity contribution in [2.24, 2.45) is 5.73 Å². The molecule has 2 rings (SSSR count). The van der Waals surface area contributed by atoms with Gasteiger partial charge in [-0.2, -0.15) is 0 Å². The zero-order valence-electron chi connectivity index (χ0n) is 13.1. The lowest BCUT2D eigenvalue weighted by atomic mass is 10.1. The topological polar surface area (TPSA) is 62.4 Å². The Kier molecular flexibility index (Phi) is 6.99. The van der Waals surface area contributed by atoms with Crippen molar-refractivity contribution in [1.82, 2.24) is 9.88 Å². The van der Waals surface area contributed by atoms with E-state index in [1.807, 2.05) is 6.07 Å². The Bertz CT molecular complexity index is 544. The molecule has 0 fully saturated rings. The number of hydrogen-bond donors (Lipinski definition) is 2. The molecule has 2 aromatic rings. The summed E-state index contributed by atoms with van der Waals surface area (Å²) in [5, 5.41) is 12.6. The molecule has 1 unspecified atom stereocenters. The van der Waals surface area contributed by atoms with Gasteiger partial charge in [-0.3, -0.25) is 4.90 Å². The largest absolute Gasteiger partial charge is 0.395 e. The fourth-order valence-corrected chi connectivity index (χ4v) is 3.40. The minimum Gasteiger partial charge on any atom is -0.395 e. The lowest BCUT2D eigenvalue weighted by Gasteiger charge is -2.24. The summed E-state index contributed by atoms with van der Waals surface area (Å²) in [6.07, 6.45) is 0.841. The van der Waals surface area contributed by atoms with Gasteiger partial charge < -0.3 is 10.8 Å². The van der Waals surface area contributed by atoms with Crippen LogP contribution in [0.2, 0.25) is 0 Å². The molecule has 0 aliphatic rings. The molecule has 0 amide bonds. The van der Waals surface area contributed by atoms with Crippen molar-refractivity contribution in [3.63, 3.8) is 0 Å². The van der Waals surface area contributed by atoms with Gasteiger partial charge in [-0.05, 0) is 12.1 Å². The average Bonchev–Trinajstić information content (AvgIpc) is 2.98. The third kappa shape index (κ3) is 5.18. The summed E-state index contributed by atoms with van der Waals surface area (Å²) < 4.78 is 0. The van der Waals surface area contributed by atoms with Gasteiger partial charge in [0.25, 0.3) is 0 Å². The molecule has 1 atom stereocenters.